The molecule has 0 saturated carbocycles. The van der Waals surface area contributed by atoms with Crippen LogP contribution in [0.3, 0.4) is 0 Å². The molecular weight excluding hydrogens is 240 g/mol. The molecule has 19 heavy (non-hydrogen) atoms. The van der Waals surface area contributed by atoms with Gasteiger partial charge in [-0.1, -0.05) is 11.2 Å². The maximum Gasteiger partial charge on any atom is 0.179 e. The molecule has 5 nitrogen and oxygen atoms in total. The van der Waals surface area contributed by atoms with E-state index in [0.717, 1.165) is 27.9 Å². The van der Waals surface area contributed by atoms with Crippen molar-refractivity contribution < 1.29 is 4.52 Å². The van der Waals surface area contributed by atoms with Gasteiger partial charge in [0.2, 0.25) is 0 Å². The first-order valence-electron chi connectivity index (χ1n) is 5.94. The van der Waals surface area contributed by atoms with E-state index in [4.69, 9.17) is 10.3 Å². The fourth-order valence-corrected chi connectivity index (χ4v) is 2.06. The normalized spacial score (nSPS) is 10.8. The Labute approximate surface area is 110 Å². The SMILES string of the molecule is CN(C)c1noc2ccc(-c3ccnc(N)c3)cc12. The zero-order valence-electron chi connectivity index (χ0n) is 10.8. The van der Waals surface area contributed by atoms with Gasteiger partial charge in [0.15, 0.2) is 11.4 Å². The molecule has 0 amide bonds. The number of hydrogen-bond acceptors (Lipinski definition) is 5. The molecule has 2 heterocycles. The minimum atomic E-state index is 0.510. The zero-order chi connectivity index (χ0) is 13.4. The van der Waals surface area contributed by atoms with E-state index < -0.39 is 0 Å². The number of nitrogens with zero attached hydrogens (tertiary/aromatic N) is 3. The van der Waals surface area contributed by atoms with Crippen LogP contribution in [-0.4, -0.2) is 24.2 Å². The Morgan fingerprint density at radius 2 is 1.89 bits per heavy atom. The summed E-state index contributed by atoms with van der Waals surface area (Å²) in [5.41, 5.74) is 8.58. The molecule has 0 aliphatic carbocycles. The van der Waals surface area contributed by atoms with Crippen molar-refractivity contribution >= 4 is 22.6 Å². The predicted molar refractivity (Wildman–Crippen MR) is 76.0 cm³/mol. The van der Waals surface area contributed by atoms with Crippen molar-refractivity contribution in [1.82, 2.24) is 10.1 Å². The maximum absolute atomic E-state index is 5.72. The summed E-state index contributed by atoms with van der Waals surface area (Å²) in [5.74, 6) is 1.33. The molecule has 0 spiro atoms. The van der Waals surface area contributed by atoms with E-state index in [0.29, 0.717) is 5.82 Å². The van der Waals surface area contributed by atoms with Crippen LogP contribution in [0.15, 0.2) is 41.1 Å². The number of rotatable bonds is 2. The molecule has 0 bridgehead atoms. The smallest absolute Gasteiger partial charge is 0.179 e. The van der Waals surface area contributed by atoms with Crippen LogP contribution < -0.4 is 10.6 Å². The van der Waals surface area contributed by atoms with Crippen LogP contribution in [0.4, 0.5) is 11.6 Å². The summed E-state index contributed by atoms with van der Waals surface area (Å²) in [6, 6.07) is 9.74. The summed E-state index contributed by atoms with van der Waals surface area (Å²) in [6.07, 6.45) is 1.70. The van der Waals surface area contributed by atoms with Crippen molar-refractivity contribution in [2.75, 3.05) is 24.7 Å². The van der Waals surface area contributed by atoms with Gasteiger partial charge >= 0.3 is 0 Å². The second-order valence-electron chi connectivity index (χ2n) is 4.58. The number of aromatic nitrogens is 2. The number of pyridine rings is 1. The Morgan fingerprint density at radius 3 is 2.63 bits per heavy atom. The molecule has 0 aliphatic rings. The third-order valence-electron chi connectivity index (χ3n) is 2.99. The lowest BCUT2D eigenvalue weighted by atomic mass is 10.1. The minimum absolute atomic E-state index is 0.510. The highest BCUT2D eigenvalue weighted by Crippen LogP contribution is 2.30. The van der Waals surface area contributed by atoms with Crippen molar-refractivity contribution in [1.29, 1.82) is 0 Å². The molecule has 0 aliphatic heterocycles. The quantitative estimate of drug-likeness (QED) is 0.761. The minimum Gasteiger partial charge on any atom is -0.384 e. The molecule has 1 aromatic carbocycles. The Morgan fingerprint density at radius 1 is 1.11 bits per heavy atom. The van der Waals surface area contributed by atoms with Crippen LogP contribution >= 0.6 is 0 Å². The molecule has 0 atom stereocenters. The maximum atomic E-state index is 5.72. The van der Waals surface area contributed by atoms with Crippen molar-refractivity contribution in [3.63, 3.8) is 0 Å². The third kappa shape index (κ3) is 1.99. The lowest BCUT2D eigenvalue weighted by Crippen LogP contribution is -2.08. The van der Waals surface area contributed by atoms with E-state index in [2.05, 4.69) is 16.2 Å². The lowest BCUT2D eigenvalue weighted by Gasteiger charge is -2.07. The molecule has 3 aromatic rings. The monoisotopic (exact) mass is 254 g/mol. The van der Waals surface area contributed by atoms with E-state index in [1.165, 1.54) is 0 Å². The van der Waals surface area contributed by atoms with Crippen LogP contribution in [-0.2, 0) is 0 Å². The van der Waals surface area contributed by atoms with E-state index in [-0.39, 0.29) is 0 Å². The summed E-state index contributed by atoms with van der Waals surface area (Å²) in [4.78, 5) is 5.93. The lowest BCUT2D eigenvalue weighted by molar-refractivity contribution is 0.457. The van der Waals surface area contributed by atoms with Crippen molar-refractivity contribution in [2.45, 2.75) is 0 Å². The molecule has 2 aromatic heterocycles. The number of nitrogen functional groups attached to an aromatic ring is 1. The molecule has 0 unspecified atom stereocenters. The highest BCUT2D eigenvalue weighted by atomic mass is 16.5. The third-order valence-corrected chi connectivity index (χ3v) is 2.99. The van der Waals surface area contributed by atoms with Gasteiger partial charge in [0.25, 0.3) is 0 Å². The molecule has 0 radical (unpaired) electrons. The van der Waals surface area contributed by atoms with Gasteiger partial charge in [0.1, 0.15) is 5.82 Å². The fourth-order valence-electron chi connectivity index (χ4n) is 2.06. The second kappa shape index (κ2) is 4.28. The van der Waals surface area contributed by atoms with Crippen molar-refractivity contribution in [3.8, 4) is 11.1 Å². The van der Waals surface area contributed by atoms with Gasteiger partial charge in [0.05, 0.1) is 5.39 Å². The predicted octanol–water partition coefficient (Wildman–Crippen LogP) is 2.54. The van der Waals surface area contributed by atoms with E-state index in [1.54, 1.807) is 6.20 Å². The van der Waals surface area contributed by atoms with Crippen LogP contribution in [0.2, 0.25) is 0 Å². The first-order valence-corrected chi connectivity index (χ1v) is 5.94. The largest absolute Gasteiger partial charge is 0.384 e. The Balaban J connectivity index is 2.18. The first kappa shape index (κ1) is 11.5. The highest BCUT2D eigenvalue weighted by Gasteiger charge is 2.11. The van der Waals surface area contributed by atoms with Crippen LogP contribution in [0.5, 0.6) is 0 Å². The Hall–Kier alpha value is -2.56. The zero-order valence-corrected chi connectivity index (χ0v) is 10.8. The van der Waals surface area contributed by atoms with Gasteiger partial charge in [-0.05, 0) is 35.4 Å². The van der Waals surface area contributed by atoms with Crippen LogP contribution in [0.25, 0.3) is 22.1 Å². The Kier molecular flexibility index (Phi) is 2.59. The Bertz CT molecular complexity index is 733. The van der Waals surface area contributed by atoms with Crippen molar-refractivity contribution in [3.05, 3.63) is 36.5 Å². The summed E-state index contributed by atoms with van der Waals surface area (Å²) < 4.78 is 5.30. The molecular formula is C14H14N4O. The molecule has 0 fully saturated rings. The van der Waals surface area contributed by atoms with E-state index >= 15 is 0 Å². The van der Waals surface area contributed by atoms with Gasteiger partial charge in [0, 0.05) is 20.3 Å². The van der Waals surface area contributed by atoms with Crippen LogP contribution in [0.1, 0.15) is 0 Å². The molecule has 2 N–H and O–H groups in total. The van der Waals surface area contributed by atoms with Crippen molar-refractivity contribution in [2.24, 2.45) is 0 Å². The topological polar surface area (TPSA) is 68.2 Å². The molecule has 3 rings (SSSR count). The standard InChI is InChI=1S/C14H14N4O/c1-18(2)14-11-7-9(3-4-12(11)19-17-14)10-5-6-16-13(15)8-10/h3-8H,1-2H3,(H2,15,16). The van der Waals surface area contributed by atoms with Crippen LogP contribution in [0, 0.1) is 0 Å². The summed E-state index contributed by atoms with van der Waals surface area (Å²) in [7, 11) is 3.88. The number of fused-ring (bicyclic) bond motifs is 1. The van der Waals surface area contributed by atoms with E-state index in [9.17, 15) is 0 Å². The first-order chi connectivity index (χ1) is 9.15. The molecule has 5 heteroatoms. The number of nitrogens with two attached hydrogens (primary N) is 1. The number of benzene rings is 1. The van der Waals surface area contributed by atoms with Gasteiger partial charge in [-0.15, -0.1) is 0 Å². The number of hydrogen-bond donors (Lipinski definition) is 1. The van der Waals surface area contributed by atoms with Gasteiger partial charge < -0.3 is 15.2 Å². The number of anilines is 2. The second-order valence-corrected chi connectivity index (χ2v) is 4.58. The van der Waals surface area contributed by atoms with Gasteiger partial charge in [-0.3, -0.25) is 0 Å². The summed E-state index contributed by atoms with van der Waals surface area (Å²) in [6.45, 7) is 0. The average molecular weight is 254 g/mol. The molecule has 96 valence electrons. The van der Waals surface area contributed by atoms with Gasteiger partial charge in [-0.2, -0.15) is 0 Å². The average Bonchev–Trinajstić information content (AvgIpc) is 2.81. The summed E-state index contributed by atoms with van der Waals surface area (Å²) >= 11 is 0. The fraction of sp³-hybridized carbons (Fsp3) is 0.143. The highest BCUT2D eigenvalue weighted by molar-refractivity contribution is 5.92. The molecule has 0 saturated heterocycles. The summed E-state index contributed by atoms with van der Waals surface area (Å²) in [5, 5.41) is 5.05. The van der Waals surface area contributed by atoms with Gasteiger partial charge in [-0.25, -0.2) is 4.98 Å². The van der Waals surface area contributed by atoms with E-state index in [1.807, 2.05) is 43.3 Å².